The number of aromatic nitrogens is 2. The lowest BCUT2D eigenvalue weighted by molar-refractivity contribution is -0.0147. The summed E-state index contributed by atoms with van der Waals surface area (Å²) in [6.45, 7) is 7.01. The first-order valence-corrected chi connectivity index (χ1v) is 13.2. The van der Waals surface area contributed by atoms with Crippen LogP contribution in [-0.4, -0.2) is 85.9 Å². The van der Waals surface area contributed by atoms with Gasteiger partial charge in [0.15, 0.2) is 5.82 Å². The number of rotatable bonds is 9. The van der Waals surface area contributed by atoms with Gasteiger partial charge >= 0.3 is 0 Å². The number of anilines is 2. The van der Waals surface area contributed by atoms with E-state index in [1.165, 1.54) is 12.8 Å². The monoisotopic (exact) mass is 497 g/mol. The van der Waals surface area contributed by atoms with E-state index in [-0.39, 0.29) is 18.2 Å². The second-order valence-corrected chi connectivity index (χ2v) is 10.2. The lowest BCUT2D eigenvalue weighted by atomic mass is 9.88. The van der Waals surface area contributed by atoms with Gasteiger partial charge in [-0.15, -0.1) is 0 Å². The number of hydrogen-bond donors (Lipinski definition) is 3. The number of hydrogen-bond acceptors (Lipinski definition) is 9. The van der Waals surface area contributed by atoms with Crippen molar-refractivity contribution >= 4 is 11.6 Å². The van der Waals surface area contributed by atoms with Gasteiger partial charge in [0.1, 0.15) is 30.1 Å². The van der Waals surface area contributed by atoms with Crippen LogP contribution in [0.4, 0.5) is 11.6 Å². The zero-order valence-electron chi connectivity index (χ0n) is 21.5. The summed E-state index contributed by atoms with van der Waals surface area (Å²) >= 11 is 0. The van der Waals surface area contributed by atoms with Crippen molar-refractivity contribution in [2.75, 3.05) is 63.3 Å². The average Bonchev–Trinajstić information content (AvgIpc) is 3.58. The summed E-state index contributed by atoms with van der Waals surface area (Å²) in [4.78, 5) is 12.4. The van der Waals surface area contributed by atoms with Crippen LogP contribution in [0.5, 0.6) is 5.75 Å². The third-order valence-corrected chi connectivity index (χ3v) is 7.52. The molecule has 0 amide bonds. The quantitative estimate of drug-likeness (QED) is 0.483. The molecule has 3 N–H and O–H groups in total. The second kappa shape index (κ2) is 11.3. The standard InChI is InChI=1S/C27H39N5O4/c1-19-24(29-21-7-14-34-17-21)30-25(20-5-3-6-23(15-20)35-18-22(33)16-28-2)31-26(19)32-11-9-27(10-12-32)8-4-13-36-27/h3,5-6,15,21-22,28,33H,4,7-14,16-18H2,1-2H3,(H,29,30,31). The summed E-state index contributed by atoms with van der Waals surface area (Å²) < 4.78 is 17.6. The van der Waals surface area contributed by atoms with Gasteiger partial charge in [-0.1, -0.05) is 12.1 Å². The van der Waals surface area contributed by atoms with Gasteiger partial charge in [-0.05, 0) is 58.2 Å². The van der Waals surface area contributed by atoms with Crippen LogP contribution in [0.15, 0.2) is 24.3 Å². The van der Waals surface area contributed by atoms with Crippen molar-refractivity contribution in [2.24, 2.45) is 0 Å². The lowest BCUT2D eigenvalue weighted by Gasteiger charge is -2.39. The summed E-state index contributed by atoms with van der Waals surface area (Å²) in [5, 5.41) is 16.6. The fourth-order valence-corrected chi connectivity index (χ4v) is 5.41. The molecule has 3 fully saturated rings. The minimum atomic E-state index is -0.573. The van der Waals surface area contributed by atoms with Crippen LogP contribution in [0, 0.1) is 6.92 Å². The van der Waals surface area contributed by atoms with E-state index in [2.05, 4.69) is 22.5 Å². The molecule has 5 rings (SSSR count). The van der Waals surface area contributed by atoms with Crippen LogP contribution in [0.2, 0.25) is 0 Å². The Labute approximate surface area is 213 Å². The SMILES string of the molecule is CNCC(O)COc1cccc(-c2nc(NC3CCOC3)c(C)c(N3CCC4(CCCO4)CC3)n2)c1. The number of ether oxygens (including phenoxy) is 3. The van der Waals surface area contributed by atoms with E-state index in [4.69, 9.17) is 24.2 Å². The predicted molar refractivity (Wildman–Crippen MR) is 140 cm³/mol. The van der Waals surface area contributed by atoms with Crippen LogP contribution in [-0.2, 0) is 9.47 Å². The van der Waals surface area contributed by atoms with Gasteiger partial charge in [-0.2, -0.15) is 0 Å². The van der Waals surface area contributed by atoms with Gasteiger partial charge in [0.25, 0.3) is 0 Å². The Morgan fingerprint density at radius 1 is 1.22 bits per heavy atom. The number of aliphatic hydroxyl groups is 1. The number of aliphatic hydroxyl groups excluding tert-OH is 1. The van der Waals surface area contributed by atoms with Gasteiger partial charge in [0.2, 0.25) is 0 Å². The van der Waals surface area contributed by atoms with Crippen molar-refractivity contribution < 1.29 is 19.3 Å². The van der Waals surface area contributed by atoms with Crippen LogP contribution in [0.1, 0.15) is 37.7 Å². The molecular formula is C27H39N5O4. The highest BCUT2D eigenvalue weighted by Crippen LogP contribution is 2.38. The van der Waals surface area contributed by atoms with Gasteiger partial charge in [0.05, 0.1) is 18.2 Å². The molecule has 0 aliphatic carbocycles. The number of nitrogens with zero attached hydrogens (tertiary/aromatic N) is 3. The lowest BCUT2D eigenvalue weighted by Crippen LogP contribution is -2.44. The van der Waals surface area contributed by atoms with E-state index in [0.29, 0.717) is 24.7 Å². The first-order chi connectivity index (χ1) is 17.5. The van der Waals surface area contributed by atoms with Crippen LogP contribution in [0.3, 0.4) is 0 Å². The Kier molecular flexibility index (Phi) is 7.90. The van der Waals surface area contributed by atoms with E-state index in [1.807, 2.05) is 31.3 Å². The van der Waals surface area contributed by atoms with Crippen LogP contribution >= 0.6 is 0 Å². The molecule has 36 heavy (non-hydrogen) atoms. The summed E-state index contributed by atoms with van der Waals surface area (Å²) in [5.41, 5.74) is 2.01. The molecule has 3 aliphatic rings. The molecule has 0 bridgehead atoms. The molecular weight excluding hydrogens is 458 g/mol. The van der Waals surface area contributed by atoms with E-state index < -0.39 is 6.10 Å². The van der Waals surface area contributed by atoms with E-state index in [1.54, 1.807) is 0 Å². The molecule has 0 saturated carbocycles. The van der Waals surface area contributed by atoms with E-state index >= 15 is 0 Å². The maximum atomic E-state index is 10.0. The highest BCUT2D eigenvalue weighted by Gasteiger charge is 2.39. The van der Waals surface area contributed by atoms with Crippen LogP contribution < -0.4 is 20.3 Å². The number of piperidine rings is 1. The van der Waals surface area contributed by atoms with Gasteiger partial charge in [-0.25, -0.2) is 9.97 Å². The predicted octanol–water partition coefficient (Wildman–Crippen LogP) is 2.76. The molecule has 1 spiro atoms. The summed E-state index contributed by atoms with van der Waals surface area (Å²) in [7, 11) is 1.81. The smallest absolute Gasteiger partial charge is 0.164 e. The molecule has 9 heteroatoms. The largest absolute Gasteiger partial charge is 0.491 e. The summed E-state index contributed by atoms with van der Waals surface area (Å²) in [6, 6.07) is 8.04. The van der Waals surface area contributed by atoms with Crippen molar-refractivity contribution in [1.82, 2.24) is 15.3 Å². The number of benzene rings is 1. The average molecular weight is 498 g/mol. The Bertz CT molecular complexity index is 1010. The zero-order chi connectivity index (χ0) is 25.0. The van der Waals surface area contributed by atoms with Gasteiger partial charge in [0, 0.05) is 44.0 Å². The normalized spacial score (nSPS) is 22.2. The van der Waals surface area contributed by atoms with Gasteiger partial charge < -0.3 is 34.9 Å². The molecule has 1 aromatic heterocycles. The van der Waals surface area contributed by atoms with Crippen molar-refractivity contribution in [3.8, 4) is 17.1 Å². The Morgan fingerprint density at radius 2 is 2.08 bits per heavy atom. The Hall–Kier alpha value is -2.46. The van der Waals surface area contributed by atoms with Crippen molar-refractivity contribution in [3.63, 3.8) is 0 Å². The van der Waals surface area contributed by atoms with Crippen molar-refractivity contribution in [1.29, 1.82) is 0 Å². The first kappa shape index (κ1) is 25.2. The molecule has 2 atom stereocenters. The number of likely N-dealkylation sites (N-methyl/N-ethyl adjacent to an activating group) is 1. The van der Waals surface area contributed by atoms with E-state index in [0.717, 1.165) is 68.3 Å². The molecule has 2 aromatic rings. The fourth-order valence-electron chi connectivity index (χ4n) is 5.41. The summed E-state index contributed by atoms with van der Waals surface area (Å²) in [6.07, 6.45) is 4.79. The van der Waals surface area contributed by atoms with Crippen molar-refractivity contribution in [2.45, 2.75) is 56.8 Å². The first-order valence-electron chi connectivity index (χ1n) is 13.2. The van der Waals surface area contributed by atoms with Crippen LogP contribution in [0.25, 0.3) is 11.4 Å². The summed E-state index contributed by atoms with van der Waals surface area (Å²) in [5.74, 6) is 3.18. The molecule has 4 heterocycles. The maximum absolute atomic E-state index is 10.0. The highest BCUT2D eigenvalue weighted by molar-refractivity contribution is 5.67. The topological polar surface area (TPSA) is 101 Å². The third kappa shape index (κ3) is 5.75. The molecule has 2 unspecified atom stereocenters. The second-order valence-electron chi connectivity index (χ2n) is 10.2. The molecule has 3 aliphatic heterocycles. The fraction of sp³-hybridized carbons (Fsp3) is 0.630. The molecule has 9 nitrogen and oxygen atoms in total. The number of nitrogens with one attached hydrogen (secondary N) is 2. The minimum Gasteiger partial charge on any atom is -0.491 e. The zero-order valence-corrected chi connectivity index (χ0v) is 21.5. The molecule has 196 valence electrons. The van der Waals surface area contributed by atoms with E-state index in [9.17, 15) is 5.11 Å². The minimum absolute atomic E-state index is 0.0616. The highest BCUT2D eigenvalue weighted by atomic mass is 16.5. The van der Waals surface area contributed by atoms with Gasteiger partial charge in [-0.3, -0.25) is 0 Å². The Morgan fingerprint density at radius 3 is 2.81 bits per heavy atom. The molecule has 1 aromatic carbocycles. The Balaban J connectivity index is 1.41. The molecule has 0 radical (unpaired) electrons. The maximum Gasteiger partial charge on any atom is 0.164 e. The molecule has 3 saturated heterocycles. The third-order valence-electron chi connectivity index (χ3n) is 7.52. The van der Waals surface area contributed by atoms with Crippen molar-refractivity contribution in [3.05, 3.63) is 29.8 Å².